The molecule has 0 N–H and O–H groups in total. The molecule has 1 unspecified atom stereocenters. The van der Waals surface area contributed by atoms with Gasteiger partial charge in [-0.2, -0.15) is 0 Å². The Hall–Kier alpha value is -0.710. The van der Waals surface area contributed by atoms with Gasteiger partial charge in [-0.25, -0.2) is 4.79 Å². The van der Waals surface area contributed by atoms with Crippen molar-refractivity contribution in [1.29, 1.82) is 0 Å². The fourth-order valence-corrected chi connectivity index (χ4v) is 4.14. The molecule has 0 bridgehead atoms. The molecular formula is C15H25NO3S. The van der Waals surface area contributed by atoms with Gasteiger partial charge in [-0.1, -0.05) is 0 Å². The van der Waals surface area contributed by atoms with E-state index in [1.54, 1.807) is 16.7 Å². The predicted octanol–water partition coefficient (Wildman–Crippen LogP) is 2.60. The monoisotopic (exact) mass is 299 g/mol. The quantitative estimate of drug-likeness (QED) is 0.735. The summed E-state index contributed by atoms with van der Waals surface area (Å²) >= 11 is 1.72. The number of carbonyl (C=O) groups is 2. The Morgan fingerprint density at radius 1 is 1.30 bits per heavy atom. The Morgan fingerprint density at radius 2 is 2.00 bits per heavy atom. The number of rotatable bonds is 2. The molecule has 0 radical (unpaired) electrons. The molecule has 0 aromatic carbocycles. The summed E-state index contributed by atoms with van der Waals surface area (Å²) in [6.45, 7) is 8.27. The van der Waals surface area contributed by atoms with Crippen LogP contribution in [0.3, 0.4) is 0 Å². The lowest BCUT2D eigenvalue weighted by Crippen LogP contribution is -2.50. The largest absolute Gasteiger partial charge is 0.458 e. The first kappa shape index (κ1) is 15.7. The van der Waals surface area contributed by atoms with Gasteiger partial charge in [-0.05, 0) is 59.1 Å². The maximum atomic E-state index is 12.7. The molecule has 20 heavy (non-hydrogen) atoms. The summed E-state index contributed by atoms with van der Waals surface area (Å²) in [5.41, 5.74) is -0.500. The minimum Gasteiger partial charge on any atom is -0.458 e. The van der Waals surface area contributed by atoms with Gasteiger partial charge in [0.05, 0.1) is 4.75 Å². The minimum atomic E-state index is -0.500. The van der Waals surface area contributed by atoms with Crippen molar-refractivity contribution >= 4 is 23.6 Å². The number of ether oxygens (including phenoxy) is 1. The second kappa shape index (κ2) is 5.58. The van der Waals surface area contributed by atoms with Crippen LogP contribution in [0.2, 0.25) is 0 Å². The Kier molecular flexibility index (Phi) is 4.38. The van der Waals surface area contributed by atoms with Crippen molar-refractivity contribution in [2.45, 2.75) is 69.8 Å². The van der Waals surface area contributed by atoms with Crippen LogP contribution in [0.4, 0.5) is 0 Å². The van der Waals surface area contributed by atoms with Crippen LogP contribution in [0.1, 0.15) is 53.4 Å². The van der Waals surface area contributed by atoms with Crippen molar-refractivity contribution in [3.63, 3.8) is 0 Å². The van der Waals surface area contributed by atoms with Gasteiger partial charge in [0, 0.05) is 6.54 Å². The standard InChI is InChI=1S/C15H25NO3S/c1-14(2,3)19-12(17)11-7-5-9-16(11)13(18)15(4)8-6-10-20-15/h11H,5-10H2,1-4H3/t11-,15?/m1/s1. The molecule has 0 aromatic rings. The van der Waals surface area contributed by atoms with Crippen LogP contribution in [0, 0.1) is 0 Å². The molecule has 2 fully saturated rings. The molecule has 5 heteroatoms. The molecule has 2 aliphatic heterocycles. The number of likely N-dealkylation sites (tertiary alicyclic amines) is 1. The predicted molar refractivity (Wildman–Crippen MR) is 80.7 cm³/mol. The molecule has 2 rings (SSSR count). The number of hydrogen-bond donors (Lipinski definition) is 0. The lowest BCUT2D eigenvalue weighted by molar-refractivity contribution is -0.163. The van der Waals surface area contributed by atoms with E-state index in [-0.39, 0.29) is 22.7 Å². The minimum absolute atomic E-state index is 0.119. The van der Waals surface area contributed by atoms with Crippen LogP contribution in [-0.2, 0) is 14.3 Å². The highest BCUT2D eigenvalue weighted by Crippen LogP contribution is 2.40. The van der Waals surface area contributed by atoms with E-state index in [2.05, 4.69) is 0 Å². The van der Waals surface area contributed by atoms with Crippen LogP contribution in [0.25, 0.3) is 0 Å². The second-order valence-electron chi connectivity index (χ2n) is 6.87. The summed E-state index contributed by atoms with van der Waals surface area (Å²) in [6, 6.07) is -0.389. The molecule has 0 saturated carbocycles. The van der Waals surface area contributed by atoms with E-state index in [1.807, 2.05) is 27.7 Å². The lowest BCUT2D eigenvalue weighted by Gasteiger charge is -2.32. The Morgan fingerprint density at radius 3 is 2.55 bits per heavy atom. The van der Waals surface area contributed by atoms with Gasteiger partial charge in [0.2, 0.25) is 5.91 Å². The summed E-state index contributed by atoms with van der Waals surface area (Å²) in [5.74, 6) is 0.899. The van der Waals surface area contributed by atoms with E-state index in [1.165, 1.54) is 0 Å². The lowest BCUT2D eigenvalue weighted by atomic mass is 10.0. The van der Waals surface area contributed by atoms with Gasteiger partial charge >= 0.3 is 5.97 Å². The highest BCUT2D eigenvalue weighted by atomic mass is 32.2. The Bertz CT molecular complexity index is 396. The van der Waals surface area contributed by atoms with Crippen molar-refractivity contribution in [2.24, 2.45) is 0 Å². The fourth-order valence-electron chi connectivity index (χ4n) is 2.88. The maximum Gasteiger partial charge on any atom is 0.329 e. The Labute approximate surface area is 125 Å². The molecule has 2 atom stereocenters. The van der Waals surface area contributed by atoms with Gasteiger partial charge in [0.1, 0.15) is 11.6 Å². The Balaban J connectivity index is 2.07. The third kappa shape index (κ3) is 3.30. The van der Waals surface area contributed by atoms with Crippen LogP contribution in [0.5, 0.6) is 0 Å². The highest BCUT2D eigenvalue weighted by Gasteiger charge is 2.45. The van der Waals surface area contributed by atoms with E-state index in [9.17, 15) is 9.59 Å². The number of amides is 1. The molecule has 1 amide bonds. The smallest absolute Gasteiger partial charge is 0.329 e. The summed E-state index contributed by atoms with van der Waals surface area (Å²) in [6.07, 6.45) is 3.60. The molecule has 0 aromatic heterocycles. The van der Waals surface area contributed by atoms with Gasteiger partial charge in [-0.3, -0.25) is 4.79 Å². The van der Waals surface area contributed by atoms with E-state index >= 15 is 0 Å². The second-order valence-corrected chi connectivity index (χ2v) is 8.47. The third-order valence-corrected chi connectivity index (χ3v) is 5.37. The topological polar surface area (TPSA) is 46.6 Å². The summed E-state index contributed by atoms with van der Waals surface area (Å²) in [4.78, 5) is 26.8. The first-order valence-corrected chi connectivity index (χ1v) is 8.39. The molecular weight excluding hydrogens is 274 g/mol. The van der Waals surface area contributed by atoms with Crippen molar-refractivity contribution < 1.29 is 14.3 Å². The summed E-state index contributed by atoms with van der Waals surface area (Å²) in [5, 5.41) is 0. The fraction of sp³-hybridized carbons (Fsp3) is 0.867. The summed E-state index contributed by atoms with van der Waals surface area (Å²) in [7, 11) is 0. The average molecular weight is 299 g/mol. The van der Waals surface area contributed by atoms with Crippen molar-refractivity contribution in [2.75, 3.05) is 12.3 Å². The van der Waals surface area contributed by atoms with Crippen LogP contribution in [-0.4, -0.2) is 45.5 Å². The van der Waals surface area contributed by atoms with Gasteiger partial charge in [0.15, 0.2) is 0 Å². The number of nitrogens with zero attached hydrogens (tertiary/aromatic N) is 1. The zero-order valence-corrected chi connectivity index (χ0v) is 13.7. The van der Waals surface area contributed by atoms with E-state index in [0.29, 0.717) is 6.54 Å². The van der Waals surface area contributed by atoms with Gasteiger partial charge in [0.25, 0.3) is 0 Å². The first-order valence-electron chi connectivity index (χ1n) is 7.41. The molecule has 4 nitrogen and oxygen atoms in total. The summed E-state index contributed by atoms with van der Waals surface area (Å²) < 4.78 is 5.12. The van der Waals surface area contributed by atoms with Crippen LogP contribution >= 0.6 is 11.8 Å². The number of hydrogen-bond acceptors (Lipinski definition) is 4. The highest BCUT2D eigenvalue weighted by molar-refractivity contribution is 8.01. The normalized spacial score (nSPS) is 30.6. The molecule has 114 valence electrons. The number of esters is 1. The van der Waals surface area contributed by atoms with E-state index in [4.69, 9.17) is 4.74 Å². The van der Waals surface area contributed by atoms with Crippen molar-refractivity contribution in [3.05, 3.63) is 0 Å². The first-order chi connectivity index (χ1) is 9.23. The third-order valence-electron chi connectivity index (χ3n) is 3.86. The van der Waals surface area contributed by atoms with Crippen molar-refractivity contribution in [1.82, 2.24) is 4.90 Å². The maximum absolute atomic E-state index is 12.7. The molecule has 2 saturated heterocycles. The average Bonchev–Trinajstić information content (AvgIpc) is 2.94. The number of thioether (sulfide) groups is 1. The van der Waals surface area contributed by atoms with E-state index in [0.717, 1.165) is 31.4 Å². The molecule has 2 heterocycles. The SMILES string of the molecule is CC(C)(C)OC(=O)[C@H]1CCCN1C(=O)C1(C)CCCS1. The van der Waals surface area contributed by atoms with Crippen LogP contribution in [0.15, 0.2) is 0 Å². The zero-order chi connectivity index (χ0) is 15.0. The molecule has 2 aliphatic rings. The van der Waals surface area contributed by atoms with Gasteiger partial charge in [-0.15, -0.1) is 11.8 Å². The van der Waals surface area contributed by atoms with Crippen molar-refractivity contribution in [3.8, 4) is 0 Å². The molecule has 0 spiro atoms. The zero-order valence-electron chi connectivity index (χ0n) is 12.9. The molecule has 0 aliphatic carbocycles. The van der Waals surface area contributed by atoms with E-state index < -0.39 is 5.60 Å². The van der Waals surface area contributed by atoms with Crippen LogP contribution < -0.4 is 0 Å². The van der Waals surface area contributed by atoms with Gasteiger partial charge < -0.3 is 9.64 Å². The number of carbonyl (C=O) groups excluding carboxylic acids is 2.